The molecular weight excluding hydrogens is 184 g/mol. The van der Waals surface area contributed by atoms with Crippen LogP contribution < -0.4 is 5.73 Å². The molecule has 0 bridgehead atoms. The zero-order valence-corrected chi connectivity index (χ0v) is 9.66. The Morgan fingerprint density at radius 3 is 2.73 bits per heavy atom. The minimum atomic E-state index is 0.892. The lowest BCUT2D eigenvalue weighted by Crippen LogP contribution is -2.20. The molecule has 82 valence electrons. The molecule has 1 aliphatic rings. The summed E-state index contributed by atoms with van der Waals surface area (Å²) in [5.41, 5.74) is 9.24. The van der Waals surface area contributed by atoms with Gasteiger partial charge in [0.05, 0.1) is 0 Å². The Morgan fingerprint density at radius 1 is 1.40 bits per heavy atom. The van der Waals surface area contributed by atoms with Gasteiger partial charge in [0.1, 0.15) is 0 Å². The average molecular weight is 204 g/mol. The SMILES string of the molecule is Cc1cc(CN(C)CC2CC2)ccc1N. The third-order valence-electron chi connectivity index (χ3n) is 3.05. The van der Waals surface area contributed by atoms with Gasteiger partial charge in [-0.25, -0.2) is 0 Å². The van der Waals surface area contributed by atoms with Crippen LogP contribution >= 0.6 is 0 Å². The number of hydrogen-bond acceptors (Lipinski definition) is 2. The van der Waals surface area contributed by atoms with E-state index in [1.165, 1.54) is 30.5 Å². The Balaban J connectivity index is 1.93. The molecule has 2 nitrogen and oxygen atoms in total. The second kappa shape index (κ2) is 4.23. The Morgan fingerprint density at radius 2 is 2.13 bits per heavy atom. The van der Waals surface area contributed by atoms with Gasteiger partial charge >= 0.3 is 0 Å². The maximum Gasteiger partial charge on any atom is 0.0343 e. The normalized spacial score (nSPS) is 15.9. The molecule has 0 spiro atoms. The van der Waals surface area contributed by atoms with Crippen LogP contribution in [0.3, 0.4) is 0 Å². The van der Waals surface area contributed by atoms with Gasteiger partial charge in [-0.1, -0.05) is 12.1 Å². The molecule has 15 heavy (non-hydrogen) atoms. The van der Waals surface area contributed by atoms with Crippen molar-refractivity contribution >= 4 is 5.69 Å². The number of nitrogens with two attached hydrogens (primary N) is 1. The maximum absolute atomic E-state index is 5.80. The first-order chi connectivity index (χ1) is 7.15. The van der Waals surface area contributed by atoms with E-state index in [-0.39, 0.29) is 0 Å². The van der Waals surface area contributed by atoms with E-state index in [4.69, 9.17) is 5.73 Å². The van der Waals surface area contributed by atoms with E-state index in [2.05, 4.69) is 31.0 Å². The van der Waals surface area contributed by atoms with Gasteiger partial charge in [-0.2, -0.15) is 0 Å². The van der Waals surface area contributed by atoms with Crippen molar-refractivity contribution in [3.63, 3.8) is 0 Å². The number of nitrogens with zero attached hydrogens (tertiary/aromatic N) is 1. The van der Waals surface area contributed by atoms with Crippen molar-refractivity contribution in [3.8, 4) is 0 Å². The van der Waals surface area contributed by atoms with Crippen LogP contribution in [0, 0.1) is 12.8 Å². The zero-order valence-electron chi connectivity index (χ0n) is 9.66. The maximum atomic E-state index is 5.80. The molecular formula is C13H20N2. The lowest BCUT2D eigenvalue weighted by molar-refractivity contribution is 0.313. The third-order valence-corrected chi connectivity index (χ3v) is 3.05. The molecule has 0 radical (unpaired) electrons. The highest BCUT2D eigenvalue weighted by atomic mass is 15.1. The molecule has 0 atom stereocenters. The van der Waals surface area contributed by atoms with Crippen molar-refractivity contribution in [1.29, 1.82) is 0 Å². The van der Waals surface area contributed by atoms with Crippen LogP contribution in [0.25, 0.3) is 0 Å². The molecule has 1 saturated carbocycles. The van der Waals surface area contributed by atoms with Gasteiger partial charge in [0.15, 0.2) is 0 Å². The Labute approximate surface area is 92.1 Å². The average Bonchev–Trinajstić information content (AvgIpc) is 2.95. The van der Waals surface area contributed by atoms with E-state index in [0.717, 1.165) is 18.2 Å². The fourth-order valence-electron chi connectivity index (χ4n) is 1.95. The molecule has 2 rings (SSSR count). The molecule has 1 aromatic rings. The number of aryl methyl sites for hydroxylation is 1. The van der Waals surface area contributed by atoms with Crippen LogP contribution in [0.5, 0.6) is 0 Å². The van der Waals surface area contributed by atoms with Crippen molar-refractivity contribution in [2.45, 2.75) is 26.3 Å². The van der Waals surface area contributed by atoms with E-state index >= 15 is 0 Å². The van der Waals surface area contributed by atoms with E-state index in [1.807, 2.05) is 6.07 Å². The third kappa shape index (κ3) is 2.96. The van der Waals surface area contributed by atoms with Crippen LogP contribution in [0.15, 0.2) is 18.2 Å². The quantitative estimate of drug-likeness (QED) is 0.763. The first-order valence-corrected chi connectivity index (χ1v) is 5.68. The summed E-state index contributed by atoms with van der Waals surface area (Å²) in [5, 5.41) is 0. The first-order valence-electron chi connectivity index (χ1n) is 5.68. The highest BCUT2D eigenvalue weighted by Crippen LogP contribution is 2.29. The van der Waals surface area contributed by atoms with E-state index < -0.39 is 0 Å². The summed E-state index contributed by atoms with van der Waals surface area (Å²) in [6.07, 6.45) is 2.84. The lowest BCUT2D eigenvalue weighted by Gasteiger charge is -2.16. The highest BCUT2D eigenvalue weighted by Gasteiger charge is 2.22. The number of anilines is 1. The predicted octanol–water partition coefficient (Wildman–Crippen LogP) is 2.42. The van der Waals surface area contributed by atoms with Gasteiger partial charge in [0.2, 0.25) is 0 Å². The summed E-state index contributed by atoms with van der Waals surface area (Å²) in [5.74, 6) is 0.963. The fraction of sp³-hybridized carbons (Fsp3) is 0.538. The van der Waals surface area contributed by atoms with Crippen molar-refractivity contribution in [2.24, 2.45) is 5.92 Å². The first kappa shape index (κ1) is 10.5. The number of benzene rings is 1. The van der Waals surface area contributed by atoms with Crippen molar-refractivity contribution in [3.05, 3.63) is 29.3 Å². The Hall–Kier alpha value is -1.02. The molecule has 0 amide bonds. The molecule has 0 heterocycles. The molecule has 1 aromatic carbocycles. The molecule has 0 saturated heterocycles. The van der Waals surface area contributed by atoms with Crippen LogP contribution in [0.2, 0.25) is 0 Å². The van der Waals surface area contributed by atoms with Crippen LogP contribution in [0.1, 0.15) is 24.0 Å². The smallest absolute Gasteiger partial charge is 0.0343 e. The van der Waals surface area contributed by atoms with Crippen LogP contribution in [-0.2, 0) is 6.54 Å². The summed E-state index contributed by atoms with van der Waals surface area (Å²) in [4.78, 5) is 2.41. The van der Waals surface area contributed by atoms with Gasteiger partial charge < -0.3 is 10.6 Å². The summed E-state index contributed by atoms with van der Waals surface area (Å²) >= 11 is 0. The van der Waals surface area contributed by atoms with Crippen LogP contribution in [0.4, 0.5) is 5.69 Å². The summed E-state index contributed by atoms with van der Waals surface area (Å²) in [6.45, 7) is 4.35. The summed E-state index contributed by atoms with van der Waals surface area (Å²) in [7, 11) is 2.20. The second-order valence-electron chi connectivity index (χ2n) is 4.83. The minimum Gasteiger partial charge on any atom is -0.399 e. The van der Waals surface area contributed by atoms with Gasteiger partial charge in [-0.05, 0) is 49.9 Å². The van der Waals surface area contributed by atoms with Gasteiger partial charge in [0, 0.05) is 18.8 Å². The van der Waals surface area contributed by atoms with Gasteiger partial charge in [-0.15, -0.1) is 0 Å². The molecule has 2 heteroatoms. The minimum absolute atomic E-state index is 0.892. The van der Waals surface area contributed by atoms with Crippen molar-refractivity contribution < 1.29 is 0 Å². The van der Waals surface area contributed by atoms with Gasteiger partial charge in [0.25, 0.3) is 0 Å². The van der Waals surface area contributed by atoms with Crippen LogP contribution in [-0.4, -0.2) is 18.5 Å². The fourth-order valence-corrected chi connectivity index (χ4v) is 1.95. The molecule has 1 aliphatic carbocycles. The lowest BCUT2D eigenvalue weighted by atomic mass is 10.1. The van der Waals surface area contributed by atoms with E-state index in [9.17, 15) is 0 Å². The van der Waals surface area contributed by atoms with E-state index in [0.29, 0.717) is 0 Å². The summed E-state index contributed by atoms with van der Waals surface area (Å²) < 4.78 is 0. The highest BCUT2D eigenvalue weighted by molar-refractivity contribution is 5.47. The topological polar surface area (TPSA) is 29.3 Å². The molecule has 0 aromatic heterocycles. The Bertz CT molecular complexity index is 342. The predicted molar refractivity (Wildman–Crippen MR) is 64.6 cm³/mol. The van der Waals surface area contributed by atoms with Crippen molar-refractivity contribution in [2.75, 3.05) is 19.3 Å². The molecule has 2 N–H and O–H groups in total. The number of nitrogen functional groups attached to an aromatic ring is 1. The largest absolute Gasteiger partial charge is 0.399 e. The Kier molecular flexibility index (Phi) is 2.96. The number of rotatable bonds is 4. The van der Waals surface area contributed by atoms with Gasteiger partial charge in [-0.3, -0.25) is 0 Å². The molecule has 0 aliphatic heterocycles. The zero-order chi connectivity index (χ0) is 10.8. The van der Waals surface area contributed by atoms with Crippen molar-refractivity contribution in [1.82, 2.24) is 4.90 Å². The standard InChI is InChI=1S/C13H20N2/c1-10-7-12(5-6-13(10)14)9-15(2)8-11-3-4-11/h5-7,11H,3-4,8-9,14H2,1-2H3. The molecule has 1 fully saturated rings. The second-order valence-corrected chi connectivity index (χ2v) is 4.83. The van der Waals surface area contributed by atoms with E-state index in [1.54, 1.807) is 0 Å². The molecule has 0 unspecified atom stereocenters. The number of hydrogen-bond donors (Lipinski definition) is 1. The summed E-state index contributed by atoms with van der Waals surface area (Å²) in [6, 6.07) is 6.33. The monoisotopic (exact) mass is 204 g/mol.